The average molecular weight is 380 g/mol. The number of nitrogens with zero attached hydrogens (tertiary/aromatic N) is 2. The Morgan fingerprint density at radius 3 is 2.82 bits per heavy atom. The molecule has 112 valence electrons. The van der Waals surface area contributed by atoms with Crippen molar-refractivity contribution in [1.82, 2.24) is 9.97 Å². The number of benzene rings is 1. The van der Waals surface area contributed by atoms with Crippen molar-refractivity contribution >= 4 is 33.7 Å². The first-order chi connectivity index (χ1) is 10.5. The summed E-state index contributed by atoms with van der Waals surface area (Å²) in [4.78, 5) is 29.8. The van der Waals surface area contributed by atoms with Gasteiger partial charge in [-0.05, 0) is 24.5 Å². The molecule has 0 saturated carbocycles. The fourth-order valence-electron chi connectivity index (χ4n) is 1.76. The van der Waals surface area contributed by atoms with Crippen LogP contribution in [0.15, 0.2) is 32.6 Å². The largest absolute Gasteiger partial charge is 0.427 e. The number of carbonyl (C=O) groups is 1. The summed E-state index contributed by atoms with van der Waals surface area (Å²) in [6, 6.07) is 6.67. The first-order valence-corrected chi connectivity index (χ1v) is 8.04. The van der Waals surface area contributed by atoms with Crippen molar-refractivity contribution in [2.45, 2.75) is 12.1 Å². The zero-order valence-electron chi connectivity index (χ0n) is 11.6. The van der Waals surface area contributed by atoms with E-state index in [0.717, 1.165) is 0 Å². The Morgan fingerprint density at radius 1 is 1.50 bits per heavy atom. The van der Waals surface area contributed by atoms with Crippen molar-refractivity contribution in [1.29, 1.82) is 5.26 Å². The predicted molar refractivity (Wildman–Crippen MR) is 85.8 cm³/mol. The van der Waals surface area contributed by atoms with E-state index in [2.05, 4.69) is 25.9 Å². The van der Waals surface area contributed by atoms with Crippen LogP contribution < -0.4 is 10.3 Å². The van der Waals surface area contributed by atoms with Crippen molar-refractivity contribution in [2.75, 3.05) is 6.26 Å². The lowest BCUT2D eigenvalue weighted by Crippen LogP contribution is -2.14. The van der Waals surface area contributed by atoms with Gasteiger partial charge in [0.05, 0.1) is 5.69 Å². The van der Waals surface area contributed by atoms with Crippen LogP contribution in [0, 0.1) is 11.3 Å². The van der Waals surface area contributed by atoms with E-state index < -0.39 is 11.5 Å². The Labute approximate surface area is 138 Å². The van der Waals surface area contributed by atoms with Crippen LogP contribution in [0.2, 0.25) is 0 Å². The monoisotopic (exact) mass is 379 g/mol. The second-order valence-electron chi connectivity index (χ2n) is 4.15. The van der Waals surface area contributed by atoms with Gasteiger partial charge in [-0.2, -0.15) is 5.26 Å². The van der Waals surface area contributed by atoms with E-state index in [9.17, 15) is 14.9 Å². The zero-order chi connectivity index (χ0) is 16.3. The van der Waals surface area contributed by atoms with E-state index in [1.165, 1.54) is 18.7 Å². The smallest absolute Gasteiger partial charge is 0.308 e. The van der Waals surface area contributed by atoms with Crippen molar-refractivity contribution in [3.05, 3.63) is 38.6 Å². The molecule has 0 radical (unpaired) electrons. The van der Waals surface area contributed by atoms with Crippen molar-refractivity contribution < 1.29 is 9.53 Å². The van der Waals surface area contributed by atoms with E-state index in [1.54, 1.807) is 24.5 Å². The average Bonchev–Trinajstić information content (AvgIpc) is 2.47. The van der Waals surface area contributed by atoms with Gasteiger partial charge < -0.3 is 9.72 Å². The molecular formula is C14H10BrN3O3S. The Balaban J connectivity index is 2.70. The summed E-state index contributed by atoms with van der Waals surface area (Å²) in [5.74, 6) is -0.153. The van der Waals surface area contributed by atoms with E-state index in [-0.39, 0.29) is 11.3 Å². The molecule has 0 amide bonds. The Hall–Kier alpha value is -2.11. The number of aromatic nitrogens is 2. The quantitative estimate of drug-likeness (QED) is 0.381. The van der Waals surface area contributed by atoms with Gasteiger partial charge in [0.2, 0.25) is 0 Å². The maximum absolute atomic E-state index is 12.0. The molecule has 0 aliphatic rings. The maximum Gasteiger partial charge on any atom is 0.308 e. The number of ether oxygens (including phenoxy) is 1. The Bertz CT molecular complexity index is 842. The number of hydrogen-bond acceptors (Lipinski definition) is 6. The van der Waals surface area contributed by atoms with Gasteiger partial charge in [-0.15, -0.1) is 0 Å². The van der Waals surface area contributed by atoms with Gasteiger partial charge in [-0.1, -0.05) is 27.7 Å². The summed E-state index contributed by atoms with van der Waals surface area (Å²) in [7, 11) is 0. The van der Waals surface area contributed by atoms with Crippen LogP contribution in [-0.4, -0.2) is 22.2 Å². The third kappa shape index (κ3) is 3.37. The standard InChI is InChI=1S/C14H10BrN3O3S/c1-7(19)21-8-3-4-11(15)9(5-8)12-10(6-16)13(20)18-14(17-12)22-2/h3-5H,1-2H3,(H,17,18,20). The van der Waals surface area contributed by atoms with E-state index in [1.807, 2.05) is 6.07 Å². The number of carbonyl (C=O) groups excluding carboxylic acids is 1. The van der Waals surface area contributed by atoms with Crippen molar-refractivity contribution in [3.63, 3.8) is 0 Å². The summed E-state index contributed by atoms with van der Waals surface area (Å²) in [5, 5.41) is 9.60. The molecule has 1 heterocycles. The maximum atomic E-state index is 12.0. The molecule has 2 rings (SSSR count). The number of hydrogen-bond donors (Lipinski definition) is 1. The normalized spacial score (nSPS) is 10.1. The molecule has 0 aliphatic heterocycles. The number of H-pyrrole nitrogens is 1. The Kier molecular flexibility index (Phi) is 5.00. The van der Waals surface area contributed by atoms with Crippen molar-refractivity contribution in [3.8, 4) is 23.1 Å². The van der Waals surface area contributed by atoms with Crippen LogP contribution in [0.4, 0.5) is 0 Å². The lowest BCUT2D eigenvalue weighted by Gasteiger charge is -2.09. The summed E-state index contributed by atoms with van der Waals surface area (Å²) in [6.07, 6.45) is 1.76. The van der Waals surface area contributed by atoms with Crippen LogP contribution in [0.25, 0.3) is 11.3 Å². The zero-order valence-corrected chi connectivity index (χ0v) is 14.0. The molecule has 0 saturated heterocycles. The number of esters is 1. The van der Waals surface area contributed by atoms with Crippen LogP contribution >= 0.6 is 27.7 Å². The lowest BCUT2D eigenvalue weighted by molar-refractivity contribution is -0.131. The first-order valence-electron chi connectivity index (χ1n) is 6.03. The van der Waals surface area contributed by atoms with Gasteiger partial charge >= 0.3 is 5.97 Å². The topological polar surface area (TPSA) is 95.8 Å². The molecule has 0 spiro atoms. The third-order valence-electron chi connectivity index (χ3n) is 2.66. The first kappa shape index (κ1) is 16.3. The molecule has 0 aliphatic carbocycles. The summed E-state index contributed by atoms with van der Waals surface area (Å²) in [5.41, 5.74) is 0.119. The number of thioether (sulfide) groups is 1. The second kappa shape index (κ2) is 6.77. The van der Waals surface area contributed by atoms with Crippen LogP contribution in [-0.2, 0) is 4.79 Å². The minimum Gasteiger partial charge on any atom is -0.427 e. The second-order valence-corrected chi connectivity index (χ2v) is 5.80. The van der Waals surface area contributed by atoms with E-state index in [0.29, 0.717) is 20.9 Å². The minimum absolute atomic E-state index is 0.0986. The number of aromatic amines is 1. The van der Waals surface area contributed by atoms with E-state index in [4.69, 9.17) is 4.74 Å². The number of rotatable bonds is 3. The van der Waals surface area contributed by atoms with Gasteiger partial charge in [0, 0.05) is 17.0 Å². The highest BCUT2D eigenvalue weighted by molar-refractivity contribution is 9.10. The van der Waals surface area contributed by atoms with Gasteiger partial charge in [-0.25, -0.2) is 4.98 Å². The van der Waals surface area contributed by atoms with Gasteiger partial charge in [0.25, 0.3) is 5.56 Å². The summed E-state index contributed by atoms with van der Waals surface area (Å²) < 4.78 is 5.66. The predicted octanol–water partition coefficient (Wildman–Crippen LogP) is 2.72. The lowest BCUT2D eigenvalue weighted by atomic mass is 10.1. The van der Waals surface area contributed by atoms with Gasteiger partial charge in [-0.3, -0.25) is 9.59 Å². The van der Waals surface area contributed by atoms with Crippen LogP contribution in [0.5, 0.6) is 5.75 Å². The molecule has 0 bridgehead atoms. The summed E-state index contributed by atoms with van der Waals surface area (Å²) in [6.45, 7) is 1.29. The SMILES string of the molecule is CSc1nc(-c2cc(OC(C)=O)ccc2Br)c(C#N)c(=O)[nH]1. The minimum atomic E-state index is -0.512. The number of nitrogens with one attached hydrogen (secondary N) is 1. The number of nitriles is 1. The molecular weight excluding hydrogens is 370 g/mol. The van der Waals surface area contributed by atoms with E-state index >= 15 is 0 Å². The van der Waals surface area contributed by atoms with Gasteiger partial charge in [0.15, 0.2) is 5.16 Å². The molecule has 0 fully saturated rings. The third-order valence-corrected chi connectivity index (χ3v) is 3.93. The molecule has 8 heteroatoms. The fourth-order valence-corrected chi connectivity index (χ4v) is 2.57. The van der Waals surface area contributed by atoms with Gasteiger partial charge in [0.1, 0.15) is 17.4 Å². The molecule has 2 aromatic rings. The Morgan fingerprint density at radius 2 is 2.23 bits per heavy atom. The molecule has 0 unspecified atom stereocenters. The molecule has 1 aromatic heterocycles. The molecule has 1 N–H and O–H groups in total. The molecule has 6 nitrogen and oxygen atoms in total. The van der Waals surface area contributed by atoms with Crippen LogP contribution in [0.1, 0.15) is 12.5 Å². The highest BCUT2D eigenvalue weighted by Gasteiger charge is 2.16. The van der Waals surface area contributed by atoms with Crippen molar-refractivity contribution in [2.24, 2.45) is 0 Å². The van der Waals surface area contributed by atoms with Crippen LogP contribution in [0.3, 0.4) is 0 Å². The molecule has 1 aromatic carbocycles. The highest BCUT2D eigenvalue weighted by atomic mass is 79.9. The number of halogens is 1. The molecule has 22 heavy (non-hydrogen) atoms. The highest BCUT2D eigenvalue weighted by Crippen LogP contribution is 2.32. The molecule has 0 atom stereocenters. The fraction of sp³-hybridized carbons (Fsp3) is 0.143. The summed E-state index contributed by atoms with van der Waals surface area (Å²) >= 11 is 4.61.